The highest BCUT2D eigenvalue weighted by molar-refractivity contribution is 5.80. The summed E-state index contributed by atoms with van der Waals surface area (Å²) in [5.74, 6) is -0.334. The van der Waals surface area contributed by atoms with Gasteiger partial charge in [0.25, 0.3) is 0 Å². The lowest BCUT2D eigenvalue weighted by Gasteiger charge is -2.00. The molecule has 2 aromatic rings. The van der Waals surface area contributed by atoms with E-state index in [0.29, 0.717) is 12.2 Å². The van der Waals surface area contributed by atoms with Gasteiger partial charge in [-0.15, -0.1) is 0 Å². The molecule has 0 heterocycles. The maximum atomic E-state index is 9.28. The van der Waals surface area contributed by atoms with Gasteiger partial charge in [0.2, 0.25) is 0 Å². The predicted octanol–water partition coefficient (Wildman–Crippen LogP) is 2.65. The quantitative estimate of drug-likeness (QED) is 0.493. The molecule has 2 rings (SSSR count). The summed E-state index contributed by atoms with van der Waals surface area (Å²) in [5, 5.41) is 22.2. The molecule has 0 aliphatic carbocycles. The van der Waals surface area contributed by atoms with Gasteiger partial charge in [-0.1, -0.05) is 35.5 Å². The van der Waals surface area contributed by atoms with Gasteiger partial charge in [0.15, 0.2) is 11.5 Å². The largest absolute Gasteiger partial charge is 0.504 e. The zero-order valence-electron chi connectivity index (χ0n) is 9.65. The van der Waals surface area contributed by atoms with Crippen molar-refractivity contribution in [3.05, 3.63) is 59.7 Å². The topological polar surface area (TPSA) is 62.1 Å². The lowest BCUT2D eigenvalue weighted by atomic mass is 10.2. The van der Waals surface area contributed by atoms with Gasteiger partial charge >= 0.3 is 0 Å². The van der Waals surface area contributed by atoms with E-state index in [1.54, 1.807) is 6.07 Å². The van der Waals surface area contributed by atoms with Crippen LogP contribution in [0.25, 0.3) is 0 Å². The smallest absolute Gasteiger partial charge is 0.158 e. The van der Waals surface area contributed by atoms with Crippen molar-refractivity contribution in [2.75, 3.05) is 0 Å². The van der Waals surface area contributed by atoms with Gasteiger partial charge in [0, 0.05) is 0 Å². The molecule has 0 aromatic heterocycles. The first-order chi connectivity index (χ1) is 8.75. The van der Waals surface area contributed by atoms with E-state index in [0.717, 1.165) is 5.56 Å². The van der Waals surface area contributed by atoms with Crippen LogP contribution in [0.2, 0.25) is 0 Å². The third-order valence-electron chi connectivity index (χ3n) is 2.35. The molecule has 4 heteroatoms. The fourth-order valence-electron chi connectivity index (χ4n) is 1.40. The summed E-state index contributed by atoms with van der Waals surface area (Å²) in [6.07, 6.45) is 1.47. The Labute approximate surface area is 105 Å². The molecule has 4 nitrogen and oxygen atoms in total. The first kappa shape index (κ1) is 12.0. The minimum Gasteiger partial charge on any atom is -0.504 e. The van der Waals surface area contributed by atoms with Crippen molar-refractivity contribution >= 4 is 6.21 Å². The zero-order chi connectivity index (χ0) is 12.8. The third kappa shape index (κ3) is 3.25. The number of hydrogen-bond donors (Lipinski definition) is 2. The van der Waals surface area contributed by atoms with Crippen molar-refractivity contribution in [1.29, 1.82) is 0 Å². The van der Waals surface area contributed by atoms with Crippen LogP contribution < -0.4 is 0 Å². The highest BCUT2D eigenvalue weighted by atomic mass is 16.6. The molecular formula is C14H13NO3. The number of benzene rings is 2. The van der Waals surface area contributed by atoms with Gasteiger partial charge in [-0.3, -0.25) is 0 Å². The van der Waals surface area contributed by atoms with Crippen molar-refractivity contribution in [3.63, 3.8) is 0 Å². The Bertz CT molecular complexity index is 538. The summed E-state index contributed by atoms with van der Waals surface area (Å²) in [4.78, 5) is 5.12. The van der Waals surface area contributed by atoms with Crippen LogP contribution in [-0.2, 0) is 11.4 Å². The van der Waals surface area contributed by atoms with Crippen molar-refractivity contribution in [2.45, 2.75) is 6.61 Å². The van der Waals surface area contributed by atoms with E-state index in [1.807, 2.05) is 30.3 Å². The molecule has 0 aliphatic rings. The van der Waals surface area contributed by atoms with E-state index in [9.17, 15) is 5.11 Å². The molecule has 0 atom stereocenters. The predicted molar refractivity (Wildman–Crippen MR) is 68.6 cm³/mol. The van der Waals surface area contributed by atoms with Crippen LogP contribution >= 0.6 is 0 Å². The molecule has 0 saturated heterocycles. The second-order valence-corrected chi connectivity index (χ2v) is 3.74. The Morgan fingerprint density at radius 1 is 1.00 bits per heavy atom. The minimum atomic E-state index is -0.179. The van der Waals surface area contributed by atoms with E-state index in [-0.39, 0.29) is 11.5 Å². The summed E-state index contributed by atoms with van der Waals surface area (Å²) >= 11 is 0. The molecule has 0 bridgehead atoms. The molecule has 0 radical (unpaired) electrons. The molecule has 0 spiro atoms. The molecular weight excluding hydrogens is 230 g/mol. The van der Waals surface area contributed by atoms with E-state index >= 15 is 0 Å². The lowest BCUT2D eigenvalue weighted by molar-refractivity contribution is 0.132. The van der Waals surface area contributed by atoms with Gasteiger partial charge in [-0.25, -0.2) is 0 Å². The van der Waals surface area contributed by atoms with Gasteiger partial charge in [0.1, 0.15) is 6.61 Å². The summed E-state index contributed by atoms with van der Waals surface area (Å²) in [5.41, 5.74) is 1.68. The monoisotopic (exact) mass is 243 g/mol. The number of nitrogens with zero attached hydrogens (tertiary/aromatic N) is 1. The van der Waals surface area contributed by atoms with E-state index in [4.69, 9.17) is 9.94 Å². The maximum Gasteiger partial charge on any atom is 0.158 e. The summed E-state index contributed by atoms with van der Waals surface area (Å²) in [7, 11) is 0. The molecule has 0 saturated carbocycles. The van der Waals surface area contributed by atoms with Crippen LogP contribution in [0.5, 0.6) is 11.5 Å². The van der Waals surface area contributed by atoms with Crippen molar-refractivity contribution in [3.8, 4) is 11.5 Å². The molecule has 0 amide bonds. The van der Waals surface area contributed by atoms with E-state index < -0.39 is 0 Å². The standard InChI is InChI=1S/C14H13NO3/c16-13-7-6-12(8-14(13)17)9-15-18-10-11-4-2-1-3-5-11/h1-9,16-17H,10H2/b15-9-. The van der Waals surface area contributed by atoms with Gasteiger partial charge in [0.05, 0.1) is 6.21 Å². The fraction of sp³-hybridized carbons (Fsp3) is 0.0714. The zero-order valence-corrected chi connectivity index (χ0v) is 9.65. The highest BCUT2D eigenvalue weighted by Crippen LogP contribution is 2.23. The number of phenols is 2. The second kappa shape index (κ2) is 5.72. The van der Waals surface area contributed by atoms with Crippen molar-refractivity contribution in [2.24, 2.45) is 5.16 Å². The molecule has 92 valence electrons. The molecule has 0 unspecified atom stereocenters. The van der Waals surface area contributed by atoms with Crippen LogP contribution in [0.3, 0.4) is 0 Å². The van der Waals surface area contributed by atoms with E-state index in [2.05, 4.69) is 5.16 Å². The Morgan fingerprint density at radius 2 is 1.78 bits per heavy atom. The van der Waals surface area contributed by atoms with Crippen molar-refractivity contribution in [1.82, 2.24) is 0 Å². The fourth-order valence-corrected chi connectivity index (χ4v) is 1.40. The number of rotatable bonds is 4. The molecule has 2 N–H and O–H groups in total. The Kier molecular flexibility index (Phi) is 3.81. The number of oxime groups is 1. The first-order valence-electron chi connectivity index (χ1n) is 5.47. The van der Waals surface area contributed by atoms with Gasteiger partial charge in [-0.2, -0.15) is 0 Å². The first-order valence-corrected chi connectivity index (χ1v) is 5.47. The lowest BCUT2D eigenvalue weighted by Crippen LogP contribution is -1.87. The van der Waals surface area contributed by atoms with Crippen LogP contribution in [-0.4, -0.2) is 16.4 Å². The van der Waals surface area contributed by atoms with Crippen LogP contribution in [0.1, 0.15) is 11.1 Å². The normalized spacial score (nSPS) is 10.7. The van der Waals surface area contributed by atoms with E-state index in [1.165, 1.54) is 18.3 Å². The van der Waals surface area contributed by atoms with Crippen molar-refractivity contribution < 1.29 is 15.1 Å². The summed E-state index contributed by atoms with van der Waals surface area (Å²) < 4.78 is 0. The number of hydrogen-bond acceptors (Lipinski definition) is 4. The second-order valence-electron chi connectivity index (χ2n) is 3.74. The SMILES string of the molecule is Oc1ccc(/C=N\OCc2ccccc2)cc1O. The third-order valence-corrected chi connectivity index (χ3v) is 2.35. The average Bonchev–Trinajstić information content (AvgIpc) is 2.40. The average molecular weight is 243 g/mol. The Morgan fingerprint density at radius 3 is 2.50 bits per heavy atom. The molecule has 2 aromatic carbocycles. The molecule has 18 heavy (non-hydrogen) atoms. The van der Waals surface area contributed by atoms with Crippen LogP contribution in [0, 0.1) is 0 Å². The number of phenolic OH excluding ortho intramolecular Hbond substituents is 2. The maximum absolute atomic E-state index is 9.28. The Hall–Kier alpha value is -2.49. The molecule has 0 fully saturated rings. The van der Waals surface area contributed by atoms with Gasteiger partial charge < -0.3 is 15.1 Å². The number of aromatic hydroxyl groups is 2. The van der Waals surface area contributed by atoms with Crippen LogP contribution in [0.15, 0.2) is 53.7 Å². The summed E-state index contributed by atoms with van der Waals surface area (Å²) in [6.45, 7) is 0.390. The summed E-state index contributed by atoms with van der Waals surface area (Å²) in [6, 6.07) is 14.1. The van der Waals surface area contributed by atoms with Gasteiger partial charge in [-0.05, 0) is 29.3 Å². The highest BCUT2D eigenvalue weighted by Gasteiger charge is 1.98. The minimum absolute atomic E-state index is 0.155. The Balaban J connectivity index is 1.90. The van der Waals surface area contributed by atoms with Crippen LogP contribution in [0.4, 0.5) is 0 Å². The molecule has 0 aliphatic heterocycles.